The Bertz CT molecular complexity index is 338. The highest BCUT2D eigenvalue weighted by Crippen LogP contribution is 2.24. The number of carbonyl (C=O) groups is 2. The van der Waals surface area contributed by atoms with Crippen molar-refractivity contribution in [2.24, 2.45) is 11.3 Å². The summed E-state index contributed by atoms with van der Waals surface area (Å²) in [6.07, 6.45) is 2.52. The van der Waals surface area contributed by atoms with E-state index >= 15 is 0 Å². The Morgan fingerprint density at radius 3 is 2.10 bits per heavy atom. The van der Waals surface area contributed by atoms with Crippen LogP contribution in [0.1, 0.15) is 41.0 Å². The fourth-order valence-electron chi connectivity index (χ4n) is 1.63. The largest absolute Gasteiger partial charge is 0.481 e. The van der Waals surface area contributed by atoms with Gasteiger partial charge in [-0.3, -0.25) is 4.79 Å². The van der Waals surface area contributed by atoms with E-state index < -0.39 is 11.9 Å². The molecule has 6 heteroatoms. The minimum atomic E-state index is -0.871. The van der Waals surface area contributed by atoms with Crippen LogP contribution in [0, 0.1) is 11.3 Å². The quantitative estimate of drug-likeness (QED) is 0.675. The molecule has 0 saturated heterocycles. The molecule has 0 saturated carbocycles. The van der Waals surface area contributed by atoms with E-state index in [1.54, 1.807) is 11.8 Å². The van der Waals surface area contributed by atoms with Crippen molar-refractivity contribution in [3.63, 3.8) is 0 Å². The van der Waals surface area contributed by atoms with Crippen molar-refractivity contribution in [1.29, 1.82) is 0 Å². The normalized spacial score (nSPS) is 13.7. The third-order valence-electron chi connectivity index (χ3n) is 2.94. The Balaban J connectivity index is 4.23. The molecule has 0 heterocycles. The van der Waals surface area contributed by atoms with E-state index in [0.29, 0.717) is 13.0 Å². The summed E-state index contributed by atoms with van der Waals surface area (Å²) in [5.74, 6) is -1.43. The van der Waals surface area contributed by atoms with E-state index in [4.69, 9.17) is 0 Å². The fourth-order valence-corrected chi connectivity index (χ4v) is 1.85. The number of carbonyl (C=O) groups excluding carboxylic acids is 1. The molecule has 3 N–H and O–H groups in total. The molecule has 0 aromatic carbocycles. The van der Waals surface area contributed by atoms with Crippen LogP contribution < -0.4 is 10.6 Å². The van der Waals surface area contributed by atoms with Crippen LogP contribution in [0.15, 0.2) is 0 Å². The maximum atomic E-state index is 11.7. The minimum Gasteiger partial charge on any atom is -0.481 e. The van der Waals surface area contributed by atoms with E-state index in [0.717, 1.165) is 0 Å². The highest BCUT2D eigenvalue weighted by molar-refractivity contribution is 7.99. The van der Waals surface area contributed by atoms with Crippen molar-refractivity contribution in [2.75, 3.05) is 19.3 Å². The van der Waals surface area contributed by atoms with Gasteiger partial charge in [-0.15, -0.1) is 0 Å². The summed E-state index contributed by atoms with van der Waals surface area (Å²) in [7, 11) is 0. The third-order valence-corrected chi connectivity index (χ3v) is 4.19. The van der Waals surface area contributed by atoms with E-state index in [-0.39, 0.29) is 22.7 Å². The highest BCUT2D eigenvalue weighted by Gasteiger charge is 2.25. The molecule has 0 aliphatic carbocycles. The first-order chi connectivity index (χ1) is 8.97. The summed E-state index contributed by atoms with van der Waals surface area (Å²) in [5, 5.41) is 14.6. The molecule has 1 atom stereocenters. The van der Waals surface area contributed by atoms with Crippen LogP contribution in [0.4, 0.5) is 4.79 Å². The molecular weight excluding hydrogens is 276 g/mol. The van der Waals surface area contributed by atoms with Crippen molar-refractivity contribution in [3.8, 4) is 0 Å². The lowest BCUT2D eigenvalue weighted by molar-refractivity contribution is -0.142. The lowest BCUT2D eigenvalue weighted by Gasteiger charge is -2.24. The molecule has 0 spiro atoms. The number of aliphatic carboxylic acids is 1. The van der Waals surface area contributed by atoms with E-state index in [9.17, 15) is 14.7 Å². The van der Waals surface area contributed by atoms with Gasteiger partial charge in [0.25, 0.3) is 0 Å². The number of thioether (sulfide) groups is 1. The summed E-state index contributed by atoms with van der Waals surface area (Å²) in [5.41, 5.74) is -0.0813. The van der Waals surface area contributed by atoms with Gasteiger partial charge in [0.15, 0.2) is 0 Å². The second kappa shape index (κ2) is 7.76. The van der Waals surface area contributed by atoms with Crippen molar-refractivity contribution in [1.82, 2.24) is 10.6 Å². The molecule has 0 fully saturated rings. The first-order valence-corrected chi connectivity index (χ1v) is 7.99. The third kappa shape index (κ3) is 9.07. The average molecular weight is 304 g/mol. The van der Waals surface area contributed by atoms with Gasteiger partial charge < -0.3 is 15.7 Å². The van der Waals surface area contributed by atoms with Gasteiger partial charge in [-0.1, -0.05) is 20.8 Å². The summed E-state index contributed by atoms with van der Waals surface area (Å²) in [6.45, 7) is 10.7. The Morgan fingerprint density at radius 1 is 1.15 bits per heavy atom. The van der Waals surface area contributed by atoms with Gasteiger partial charge in [0.2, 0.25) is 0 Å². The topological polar surface area (TPSA) is 78.4 Å². The number of hydrogen-bond acceptors (Lipinski definition) is 3. The minimum absolute atomic E-state index is 0.0328. The van der Waals surface area contributed by atoms with Gasteiger partial charge in [0.05, 0.1) is 5.92 Å². The van der Waals surface area contributed by atoms with Crippen molar-refractivity contribution in [3.05, 3.63) is 0 Å². The second-order valence-corrected chi connectivity index (χ2v) is 8.34. The van der Waals surface area contributed by atoms with Gasteiger partial charge >= 0.3 is 12.0 Å². The molecule has 2 amide bonds. The number of hydrogen-bond donors (Lipinski definition) is 3. The Hall–Kier alpha value is -0.910. The Morgan fingerprint density at radius 2 is 1.70 bits per heavy atom. The monoisotopic (exact) mass is 304 g/mol. The molecule has 0 aliphatic rings. The maximum Gasteiger partial charge on any atom is 0.314 e. The predicted molar refractivity (Wildman–Crippen MR) is 84.2 cm³/mol. The van der Waals surface area contributed by atoms with E-state index in [1.807, 2.05) is 40.9 Å². The van der Waals surface area contributed by atoms with E-state index in [1.165, 1.54) is 0 Å². The summed E-state index contributed by atoms with van der Waals surface area (Å²) < 4.78 is -0.0328. The first kappa shape index (κ1) is 19.1. The van der Waals surface area contributed by atoms with Crippen LogP contribution in [0.3, 0.4) is 0 Å². The van der Waals surface area contributed by atoms with Crippen LogP contribution in [0.2, 0.25) is 0 Å². The van der Waals surface area contributed by atoms with Gasteiger partial charge in [-0.25, -0.2) is 4.79 Å². The Kier molecular flexibility index (Phi) is 7.41. The molecule has 0 aromatic heterocycles. The van der Waals surface area contributed by atoms with Gasteiger partial charge in [0, 0.05) is 17.8 Å². The zero-order chi connectivity index (χ0) is 16.0. The summed E-state index contributed by atoms with van der Waals surface area (Å²) in [6, 6.07) is -0.313. The molecule has 0 aliphatic heterocycles. The van der Waals surface area contributed by atoms with Crippen LogP contribution in [0.5, 0.6) is 0 Å². The molecular formula is C14H28N2O3S. The second-order valence-electron chi connectivity index (χ2n) is 6.83. The lowest BCUT2D eigenvalue weighted by atomic mass is 9.84. The van der Waals surface area contributed by atoms with Crippen molar-refractivity contribution < 1.29 is 14.7 Å². The molecule has 0 rings (SSSR count). The van der Waals surface area contributed by atoms with Crippen LogP contribution in [-0.4, -0.2) is 41.2 Å². The highest BCUT2D eigenvalue weighted by atomic mass is 32.2. The molecule has 20 heavy (non-hydrogen) atoms. The SMILES string of the molecule is CSC(C)(C)CNC(=O)NCC(CC(C)(C)C)C(=O)O. The zero-order valence-corrected chi connectivity index (χ0v) is 14.2. The number of nitrogens with one attached hydrogen (secondary N) is 2. The zero-order valence-electron chi connectivity index (χ0n) is 13.4. The molecule has 5 nitrogen and oxygen atoms in total. The maximum absolute atomic E-state index is 11.7. The van der Waals surface area contributed by atoms with Crippen LogP contribution in [-0.2, 0) is 4.79 Å². The molecule has 118 valence electrons. The number of urea groups is 1. The van der Waals surface area contributed by atoms with Crippen molar-refractivity contribution in [2.45, 2.75) is 45.8 Å². The number of rotatable bonds is 7. The molecule has 1 unspecified atom stereocenters. The first-order valence-electron chi connectivity index (χ1n) is 6.76. The van der Waals surface area contributed by atoms with Gasteiger partial charge in [-0.2, -0.15) is 11.8 Å². The predicted octanol–water partition coefficient (Wildman–Crippen LogP) is 2.56. The van der Waals surface area contributed by atoms with Gasteiger partial charge in [0.1, 0.15) is 0 Å². The molecule has 0 bridgehead atoms. The summed E-state index contributed by atoms with van der Waals surface area (Å²) in [4.78, 5) is 22.9. The standard InChI is InChI=1S/C14H28N2O3S/c1-13(2,3)7-10(11(17)18)8-15-12(19)16-9-14(4,5)20-6/h10H,7-9H2,1-6H3,(H,17,18)(H2,15,16,19). The number of amides is 2. The van der Waals surface area contributed by atoms with E-state index in [2.05, 4.69) is 10.6 Å². The number of carboxylic acids is 1. The van der Waals surface area contributed by atoms with Crippen molar-refractivity contribution >= 4 is 23.8 Å². The molecule has 0 aromatic rings. The smallest absolute Gasteiger partial charge is 0.314 e. The lowest BCUT2D eigenvalue weighted by Crippen LogP contribution is -2.44. The number of carboxylic acid groups (broad SMARTS) is 1. The van der Waals surface area contributed by atoms with Crippen LogP contribution in [0.25, 0.3) is 0 Å². The Labute approximate surface area is 126 Å². The average Bonchev–Trinajstić information content (AvgIpc) is 2.30. The molecule has 0 radical (unpaired) electrons. The van der Waals surface area contributed by atoms with Gasteiger partial charge in [-0.05, 0) is 31.9 Å². The fraction of sp³-hybridized carbons (Fsp3) is 0.857. The van der Waals surface area contributed by atoms with Crippen LogP contribution >= 0.6 is 11.8 Å². The summed E-state index contributed by atoms with van der Waals surface area (Å²) >= 11 is 1.67.